The molecule has 0 bridgehead atoms. The zero-order chi connectivity index (χ0) is 17.7. The molecule has 128 valence electrons. The minimum atomic E-state index is -3.59. The van der Waals surface area contributed by atoms with E-state index in [0.29, 0.717) is 0 Å². The van der Waals surface area contributed by atoms with Crippen LogP contribution in [-0.4, -0.2) is 27.4 Å². The molecule has 5 nitrogen and oxygen atoms in total. The lowest BCUT2D eigenvalue weighted by Crippen LogP contribution is -2.37. The third-order valence-electron chi connectivity index (χ3n) is 3.86. The van der Waals surface area contributed by atoms with E-state index in [1.165, 1.54) is 6.92 Å². The fourth-order valence-corrected chi connectivity index (χ4v) is 3.44. The van der Waals surface area contributed by atoms with Gasteiger partial charge in [-0.1, -0.05) is 24.3 Å². The SMILES string of the molecule is CC(=O)N(CCNS(=O)(=O)c1ccc(C)c(C)c1)c1ccccc1. The van der Waals surface area contributed by atoms with Crippen LogP contribution < -0.4 is 9.62 Å². The van der Waals surface area contributed by atoms with E-state index >= 15 is 0 Å². The fraction of sp³-hybridized carbons (Fsp3) is 0.278. The number of carbonyl (C=O) groups excluding carboxylic acids is 1. The molecular weight excluding hydrogens is 324 g/mol. The summed E-state index contributed by atoms with van der Waals surface area (Å²) < 4.78 is 27.3. The molecule has 0 unspecified atom stereocenters. The quantitative estimate of drug-likeness (QED) is 0.874. The van der Waals surface area contributed by atoms with Crippen LogP contribution >= 0.6 is 0 Å². The van der Waals surface area contributed by atoms with Crippen molar-refractivity contribution in [3.05, 3.63) is 59.7 Å². The smallest absolute Gasteiger partial charge is 0.240 e. The van der Waals surface area contributed by atoms with Gasteiger partial charge >= 0.3 is 0 Å². The van der Waals surface area contributed by atoms with E-state index in [0.717, 1.165) is 16.8 Å². The number of nitrogens with one attached hydrogen (secondary N) is 1. The Hall–Kier alpha value is -2.18. The van der Waals surface area contributed by atoms with E-state index in [1.54, 1.807) is 23.1 Å². The number of sulfonamides is 1. The zero-order valence-corrected chi connectivity index (χ0v) is 14.9. The van der Waals surface area contributed by atoms with E-state index in [1.807, 2.05) is 44.2 Å². The van der Waals surface area contributed by atoms with E-state index in [2.05, 4.69) is 4.72 Å². The van der Waals surface area contributed by atoms with Gasteiger partial charge in [-0.3, -0.25) is 4.79 Å². The summed E-state index contributed by atoms with van der Waals surface area (Å²) in [6, 6.07) is 14.2. The number of para-hydroxylation sites is 1. The molecule has 2 aromatic rings. The summed E-state index contributed by atoms with van der Waals surface area (Å²) in [5, 5.41) is 0. The van der Waals surface area contributed by atoms with Crippen molar-refractivity contribution in [1.82, 2.24) is 4.72 Å². The lowest BCUT2D eigenvalue weighted by Gasteiger charge is -2.21. The molecule has 24 heavy (non-hydrogen) atoms. The third kappa shape index (κ3) is 4.43. The number of carbonyl (C=O) groups is 1. The first-order valence-corrected chi connectivity index (χ1v) is 9.19. The Morgan fingerprint density at radius 1 is 1.04 bits per heavy atom. The molecule has 0 aromatic heterocycles. The standard InChI is InChI=1S/C18H22N2O3S/c1-14-9-10-18(13-15(14)2)24(22,23)19-11-12-20(16(3)21)17-7-5-4-6-8-17/h4-10,13,19H,11-12H2,1-3H3. The summed E-state index contributed by atoms with van der Waals surface area (Å²) in [5.41, 5.74) is 2.71. The largest absolute Gasteiger partial charge is 0.311 e. The predicted octanol–water partition coefficient (Wildman–Crippen LogP) is 2.63. The Bertz CT molecular complexity index is 817. The van der Waals surface area contributed by atoms with Crippen molar-refractivity contribution in [2.45, 2.75) is 25.7 Å². The summed E-state index contributed by atoms with van der Waals surface area (Å²) in [6.07, 6.45) is 0. The first-order chi connectivity index (χ1) is 11.3. The van der Waals surface area contributed by atoms with E-state index in [9.17, 15) is 13.2 Å². The van der Waals surface area contributed by atoms with Gasteiger partial charge < -0.3 is 4.90 Å². The van der Waals surface area contributed by atoms with Crippen molar-refractivity contribution < 1.29 is 13.2 Å². The molecule has 1 amide bonds. The molecule has 2 rings (SSSR count). The van der Waals surface area contributed by atoms with Crippen LogP contribution in [-0.2, 0) is 14.8 Å². The Balaban J connectivity index is 2.06. The lowest BCUT2D eigenvalue weighted by molar-refractivity contribution is -0.116. The number of aryl methyl sites for hydroxylation is 2. The van der Waals surface area contributed by atoms with E-state index < -0.39 is 10.0 Å². The molecule has 0 atom stereocenters. The molecule has 0 saturated heterocycles. The maximum Gasteiger partial charge on any atom is 0.240 e. The normalized spacial score (nSPS) is 11.3. The number of hydrogen-bond acceptors (Lipinski definition) is 3. The van der Waals surface area contributed by atoms with Crippen LogP contribution in [0.2, 0.25) is 0 Å². The Morgan fingerprint density at radius 3 is 2.29 bits per heavy atom. The second-order valence-corrected chi connectivity index (χ2v) is 7.42. The maximum absolute atomic E-state index is 12.4. The number of benzene rings is 2. The third-order valence-corrected chi connectivity index (χ3v) is 5.32. The highest BCUT2D eigenvalue weighted by atomic mass is 32.2. The summed E-state index contributed by atoms with van der Waals surface area (Å²) in [5.74, 6) is -0.133. The molecule has 0 radical (unpaired) electrons. The highest BCUT2D eigenvalue weighted by molar-refractivity contribution is 7.89. The van der Waals surface area contributed by atoms with Crippen molar-refractivity contribution >= 4 is 21.6 Å². The molecule has 2 aromatic carbocycles. The molecule has 0 aliphatic rings. The number of anilines is 1. The van der Waals surface area contributed by atoms with Gasteiger partial charge in [0.05, 0.1) is 4.90 Å². The number of rotatable bonds is 6. The van der Waals surface area contributed by atoms with Gasteiger partial charge in [0.1, 0.15) is 0 Å². The minimum absolute atomic E-state index is 0.133. The van der Waals surface area contributed by atoms with Crippen LogP contribution in [0.15, 0.2) is 53.4 Å². The molecular formula is C18H22N2O3S. The Labute approximate surface area is 143 Å². The topological polar surface area (TPSA) is 66.5 Å². The van der Waals surface area contributed by atoms with E-state index in [4.69, 9.17) is 0 Å². The summed E-state index contributed by atoms with van der Waals surface area (Å²) in [4.78, 5) is 13.6. The molecule has 6 heteroatoms. The predicted molar refractivity (Wildman–Crippen MR) is 95.6 cm³/mol. The van der Waals surface area contributed by atoms with Gasteiger partial charge in [-0.05, 0) is 49.2 Å². The molecule has 1 N–H and O–H groups in total. The maximum atomic E-state index is 12.4. The lowest BCUT2D eigenvalue weighted by atomic mass is 10.1. The fourth-order valence-electron chi connectivity index (χ4n) is 2.33. The van der Waals surface area contributed by atoms with Crippen LogP contribution in [0.4, 0.5) is 5.69 Å². The average molecular weight is 346 g/mol. The molecule has 0 saturated carbocycles. The average Bonchev–Trinajstić information content (AvgIpc) is 2.54. The number of nitrogens with zero attached hydrogens (tertiary/aromatic N) is 1. The highest BCUT2D eigenvalue weighted by Gasteiger charge is 2.16. The minimum Gasteiger partial charge on any atom is -0.311 e. The Kier molecular flexibility index (Phi) is 5.75. The number of hydrogen-bond donors (Lipinski definition) is 1. The van der Waals surface area contributed by atoms with Crippen LogP contribution in [0.5, 0.6) is 0 Å². The van der Waals surface area contributed by atoms with Crippen LogP contribution in [0.25, 0.3) is 0 Å². The first-order valence-electron chi connectivity index (χ1n) is 7.71. The summed E-state index contributed by atoms with van der Waals surface area (Å²) in [7, 11) is -3.59. The van der Waals surface area contributed by atoms with Gasteiger partial charge in [-0.15, -0.1) is 0 Å². The van der Waals surface area contributed by atoms with Gasteiger partial charge in [0.2, 0.25) is 15.9 Å². The summed E-state index contributed by atoms with van der Waals surface area (Å²) >= 11 is 0. The molecule has 0 aliphatic heterocycles. The van der Waals surface area contributed by atoms with Gasteiger partial charge in [0.25, 0.3) is 0 Å². The van der Waals surface area contributed by atoms with E-state index in [-0.39, 0.29) is 23.9 Å². The molecule has 0 fully saturated rings. The van der Waals surface area contributed by atoms with Crippen LogP contribution in [0, 0.1) is 13.8 Å². The van der Waals surface area contributed by atoms with Gasteiger partial charge in [0.15, 0.2) is 0 Å². The number of amides is 1. The molecule has 0 spiro atoms. The second-order valence-electron chi connectivity index (χ2n) is 5.65. The van der Waals surface area contributed by atoms with Gasteiger partial charge in [-0.25, -0.2) is 13.1 Å². The van der Waals surface area contributed by atoms with Crippen LogP contribution in [0.1, 0.15) is 18.1 Å². The molecule has 0 aliphatic carbocycles. The van der Waals surface area contributed by atoms with Crippen molar-refractivity contribution in [1.29, 1.82) is 0 Å². The molecule has 0 heterocycles. The van der Waals surface area contributed by atoms with Crippen molar-refractivity contribution in [2.75, 3.05) is 18.0 Å². The second kappa shape index (κ2) is 7.59. The highest BCUT2D eigenvalue weighted by Crippen LogP contribution is 2.15. The van der Waals surface area contributed by atoms with Crippen molar-refractivity contribution in [3.8, 4) is 0 Å². The van der Waals surface area contributed by atoms with Crippen molar-refractivity contribution in [2.24, 2.45) is 0 Å². The monoisotopic (exact) mass is 346 g/mol. The first kappa shape index (κ1) is 18.2. The van der Waals surface area contributed by atoms with Gasteiger partial charge in [-0.2, -0.15) is 0 Å². The van der Waals surface area contributed by atoms with Crippen LogP contribution in [0.3, 0.4) is 0 Å². The Morgan fingerprint density at radius 2 is 1.71 bits per heavy atom. The van der Waals surface area contributed by atoms with Gasteiger partial charge in [0, 0.05) is 25.7 Å². The summed E-state index contributed by atoms with van der Waals surface area (Å²) in [6.45, 7) is 5.68. The zero-order valence-electron chi connectivity index (χ0n) is 14.1. The van der Waals surface area contributed by atoms with Crippen molar-refractivity contribution in [3.63, 3.8) is 0 Å².